The number of nitrogens with one attached hydrogen (secondary N) is 1. The van der Waals surface area contributed by atoms with E-state index in [1.807, 2.05) is 31.2 Å². The first kappa shape index (κ1) is 22.9. The molecule has 178 valence electrons. The lowest BCUT2D eigenvalue weighted by Crippen LogP contribution is -2.17. The molecule has 6 nitrogen and oxygen atoms in total. The molecule has 6 heteroatoms. The van der Waals surface area contributed by atoms with Gasteiger partial charge in [-0.15, -0.1) is 0 Å². The van der Waals surface area contributed by atoms with Crippen molar-refractivity contribution in [2.24, 2.45) is 5.73 Å². The number of ether oxygens (including phenoxy) is 1. The first-order valence-corrected chi connectivity index (χ1v) is 11.4. The number of fused-ring (bicyclic) bond motifs is 2. The smallest absolute Gasteiger partial charge is 0.250 e. The third-order valence-electron chi connectivity index (χ3n) is 6.18. The number of furan rings is 1. The number of amides is 2. The molecule has 0 saturated heterocycles. The van der Waals surface area contributed by atoms with Gasteiger partial charge in [-0.25, -0.2) is 0 Å². The monoisotopic (exact) mass is 476 g/mol. The summed E-state index contributed by atoms with van der Waals surface area (Å²) in [5.41, 5.74) is 10.1. The Morgan fingerprint density at radius 1 is 0.917 bits per heavy atom. The molecule has 4 aromatic carbocycles. The summed E-state index contributed by atoms with van der Waals surface area (Å²) in [6, 6.07) is 24.9. The summed E-state index contributed by atoms with van der Waals surface area (Å²) >= 11 is 0. The Morgan fingerprint density at radius 3 is 2.44 bits per heavy atom. The van der Waals surface area contributed by atoms with Crippen molar-refractivity contribution in [1.29, 1.82) is 0 Å². The van der Waals surface area contributed by atoms with Crippen molar-refractivity contribution in [3.05, 3.63) is 102 Å². The van der Waals surface area contributed by atoms with Crippen LogP contribution in [0.3, 0.4) is 0 Å². The first-order chi connectivity index (χ1) is 17.4. The summed E-state index contributed by atoms with van der Waals surface area (Å²) in [6.07, 6.45) is 3.21. The van der Waals surface area contributed by atoms with Crippen molar-refractivity contribution in [3.63, 3.8) is 0 Å². The Hall–Kier alpha value is -4.84. The lowest BCUT2D eigenvalue weighted by molar-refractivity contribution is -0.111. The predicted octanol–water partition coefficient (Wildman–Crippen LogP) is 6.40. The van der Waals surface area contributed by atoms with Crippen molar-refractivity contribution < 1.29 is 18.7 Å². The number of benzene rings is 4. The van der Waals surface area contributed by atoms with Gasteiger partial charge in [0, 0.05) is 28.7 Å². The molecule has 5 aromatic rings. The third-order valence-corrected chi connectivity index (χ3v) is 6.18. The maximum atomic E-state index is 12.8. The van der Waals surface area contributed by atoms with E-state index >= 15 is 0 Å². The number of para-hydroxylation sites is 1. The van der Waals surface area contributed by atoms with Crippen molar-refractivity contribution in [2.75, 3.05) is 12.4 Å². The van der Waals surface area contributed by atoms with E-state index in [-0.39, 0.29) is 11.5 Å². The summed E-state index contributed by atoms with van der Waals surface area (Å²) in [7, 11) is 1.58. The number of allylic oxidation sites excluding steroid dienone is 1. The molecule has 1 aromatic heterocycles. The summed E-state index contributed by atoms with van der Waals surface area (Å²) in [6.45, 7) is 1.83. The van der Waals surface area contributed by atoms with Crippen LogP contribution in [-0.4, -0.2) is 18.9 Å². The molecule has 0 spiro atoms. The average Bonchev–Trinajstić information content (AvgIpc) is 3.30. The van der Waals surface area contributed by atoms with Crippen molar-refractivity contribution in [1.82, 2.24) is 0 Å². The Bertz CT molecular complexity index is 1660. The zero-order valence-corrected chi connectivity index (χ0v) is 19.9. The number of carbonyl (C=O) groups excluding carboxylic acids is 2. The number of anilines is 1. The summed E-state index contributed by atoms with van der Waals surface area (Å²) in [5.74, 6) is -0.411. The molecule has 1 heterocycles. The molecule has 0 radical (unpaired) electrons. The van der Waals surface area contributed by atoms with E-state index in [0.717, 1.165) is 27.5 Å². The van der Waals surface area contributed by atoms with Crippen molar-refractivity contribution in [3.8, 4) is 16.9 Å². The number of rotatable bonds is 6. The van der Waals surface area contributed by atoms with E-state index in [9.17, 15) is 9.59 Å². The molecule has 5 rings (SSSR count). The largest absolute Gasteiger partial charge is 0.496 e. The van der Waals surface area contributed by atoms with Gasteiger partial charge in [0.15, 0.2) is 0 Å². The van der Waals surface area contributed by atoms with Gasteiger partial charge in [-0.1, -0.05) is 48.5 Å². The van der Waals surface area contributed by atoms with Gasteiger partial charge in [0.25, 0.3) is 5.91 Å². The lowest BCUT2D eigenvalue weighted by atomic mass is 9.97. The van der Waals surface area contributed by atoms with Crippen LogP contribution in [0.15, 0.2) is 95.6 Å². The van der Waals surface area contributed by atoms with Gasteiger partial charge in [-0.3, -0.25) is 9.59 Å². The van der Waals surface area contributed by atoms with Gasteiger partial charge in [-0.2, -0.15) is 0 Å². The number of primary amides is 1. The molecule has 0 aliphatic carbocycles. The molecule has 36 heavy (non-hydrogen) atoms. The van der Waals surface area contributed by atoms with Gasteiger partial charge in [0.1, 0.15) is 11.3 Å². The fraction of sp³-hybridized carbons (Fsp3) is 0.0667. The van der Waals surface area contributed by atoms with Crippen LogP contribution in [0.1, 0.15) is 22.8 Å². The number of nitrogens with two attached hydrogens (primary N) is 1. The summed E-state index contributed by atoms with van der Waals surface area (Å²) in [4.78, 5) is 24.5. The molecule has 0 saturated carbocycles. The van der Waals surface area contributed by atoms with E-state index in [4.69, 9.17) is 14.9 Å². The first-order valence-electron chi connectivity index (χ1n) is 11.4. The van der Waals surface area contributed by atoms with Crippen LogP contribution in [-0.2, 0) is 4.79 Å². The minimum atomic E-state index is -0.611. The van der Waals surface area contributed by atoms with Crippen LogP contribution in [0.2, 0.25) is 0 Å². The highest BCUT2D eigenvalue weighted by atomic mass is 16.5. The van der Waals surface area contributed by atoms with E-state index < -0.39 is 5.91 Å². The maximum Gasteiger partial charge on any atom is 0.250 e. The SMILES string of the molecule is COc1cc2occ(-c3ccc4ccccc4c3)c2cc1/C(C)=C/C(=O)Nc1ccccc1C(N)=O. The molecular formula is C30H24N2O4. The van der Waals surface area contributed by atoms with Crippen LogP contribution in [0, 0.1) is 0 Å². The molecule has 3 N–H and O–H groups in total. The van der Waals surface area contributed by atoms with Gasteiger partial charge in [0.05, 0.1) is 24.6 Å². The minimum Gasteiger partial charge on any atom is -0.496 e. The standard InChI is InChI=1S/C30H24N2O4/c1-18(13-29(33)32-26-10-6-5-9-22(26)30(31)34)23-15-24-25(17-36-28(24)16-27(23)35-2)21-12-11-19-7-3-4-8-20(19)14-21/h3-17H,1-2H3,(H2,31,34)(H,32,33)/b18-13+. The molecule has 0 atom stereocenters. The molecule has 0 aliphatic heterocycles. The second kappa shape index (κ2) is 9.43. The molecular weight excluding hydrogens is 452 g/mol. The highest BCUT2D eigenvalue weighted by molar-refractivity contribution is 6.09. The Morgan fingerprint density at radius 2 is 1.67 bits per heavy atom. The van der Waals surface area contributed by atoms with Crippen LogP contribution < -0.4 is 15.8 Å². The molecule has 0 aliphatic rings. The summed E-state index contributed by atoms with van der Waals surface area (Å²) < 4.78 is 11.5. The Labute approximate surface area is 208 Å². The lowest BCUT2D eigenvalue weighted by Gasteiger charge is -2.11. The van der Waals surface area contributed by atoms with Crippen molar-refractivity contribution in [2.45, 2.75) is 6.92 Å². The second-order valence-corrected chi connectivity index (χ2v) is 8.49. The van der Waals surface area contributed by atoms with Gasteiger partial charge >= 0.3 is 0 Å². The fourth-order valence-corrected chi connectivity index (χ4v) is 4.36. The van der Waals surface area contributed by atoms with E-state index in [2.05, 4.69) is 35.6 Å². The second-order valence-electron chi connectivity index (χ2n) is 8.49. The number of hydrogen-bond acceptors (Lipinski definition) is 4. The number of methoxy groups -OCH3 is 1. The Balaban J connectivity index is 1.53. The highest BCUT2D eigenvalue weighted by Crippen LogP contribution is 2.38. The summed E-state index contributed by atoms with van der Waals surface area (Å²) in [5, 5.41) is 5.96. The average molecular weight is 477 g/mol. The van der Waals surface area contributed by atoms with E-state index in [1.165, 1.54) is 11.5 Å². The molecule has 2 amide bonds. The minimum absolute atomic E-state index is 0.245. The molecule has 0 fully saturated rings. The zero-order chi connectivity index (χ0) is 25.2. The number of hydrogen-bond donors (Lipinski definition) is 2. The quantitative estimate of drug-likeness (QED) is 0.277. The molecule has 0 unspecified atom stereocenters. The van der Waals surface area contributed by atoms with E-state index in [0.29, 0.717) is 22.6 Å². The topological polar surface area (TPSA) is 94.6 Å². The fourth-order valence-electron chi connectivity index (χ4n) is 4.36. The normalized spacial score (nSPS) is 11.6. The van der Waals surface area contributed by atoms with Crippen LogP contribution >= 0.6 is 0 Å². The number of carbonyl (C=O) groups is 2. The van der Waals surface area contributed by atoms with Crippen LogP contribution in [0.5, 0.6) is 5.75 Å². The van der Waals surface area contributed by atoms with Crippen LogP contribution in [0.25, 0.3) is 38.4 Å². The molecule has 0 bridgehead atoms. The van der Waals surface area contributed by atoms with Gasteiger partial charge in [-0.05, 0) is 53.1 Å². The maximum absolute atomic E-state index is 12.8. The predicted molar refractivity (Wildman–Crippen MR) is 143 cm³/mol. The van der Waals surface area contributed by atoms with Gasteiger partial charge in [0.2, 0.25) is 5.91 Å². The van der Waals surface area contributed by atoms with E-state index in [1.54, 1.807) is 37.6 Å². The Kier molecular flexibility index (Phi) is 6.00. The zero-order valence-electron chi connectivity index (χ0n) is 19.9. The highest BCUT2D eigenvalue weighted by Gasteiger charge is 2.16. The van der Waals surface area contributed by atoms with Gasteiger partial charge < -0.3 is 20.2 Å². The van der Waals surface area contributed by atoms with Crippen molar-refractivity contribution >= 4 is 44.8 Å². The van der Waals surface area contributed by atoms with Crippen LogP contribution in [0.4, 0.5) is 5.69 Å². The third kappa shape index (κ3) is 4.32.